The van der Waals surface area contributed by atoms with Crippen molar-refractivity contribution in [3.05, 3.63) is 59.4 Å². The van der Waals surface area contributed by atoms with Crippen molar-refractivity contribution in [2.45, 2.75) is 25.2 Å². The molecule has 0 aliphatic rings. The first-order valence-electron chi connectivity index (χ1n) is 8.62. The van der Waals surface area contributed by atoms with Crippen molar-refractivity contribution in [2.24, 2.45) is 0 Å². The van der Waals surface area contributed by atoms with Gasteiger partial charge in [0.1, 0.15) is 5.82 Å². The van der Waals surface area contributed by atoms with Crippen LogP contribution in [0.1, 0.15) is 17.0 Å². The first-order valence-corrected chi connectivity index (χ1v) is 10.1. The summed E-state index contributed by atoms with van der Waals surface area (Å²) in [5, 5.41) is 2.70. The Kier molecular flexibility index (Phi) is 5.57. The lowest BCUT2D eigenvalue weighted by Gasteiger charge is -2.10. The minimum absolute atomic E-state index is 0.192. The summed E-state index contributed by atoms with van der Waals surface area (Å²) in [6.07, 6.45) is 0.532. The van der Waals surface area contributed by atoms with Crippen molar-refractivity contribution >= 4 is 27.0 Å². The smallest absolute Gasteiger partial charge is 0.241 e. The molecule has 0 bridgehead atoms. The molecule has 8 heteroatoms. The van der Waals surface area contributed by atoms with Gasteiger partial charge in [-0.25, -0.2) is 18.1 Å². The molecule has 3 N–H and O–H groups in total. The number of nitrogens with zero attached hydrogens (tertiary/aromatic N) is 1. The number of rotatable bonds is 7. The van der Waals surface area contributed by atoms with Crippen LogP contribution in [0.5, 0.6) is 0 Å². The summed E-state index contributed by atoms with van der Waals surface area (Å²) in [5.74, 6) is 0.382. The highest BCUT2D eigenvalue weighted by atomic mass is 32.2. The van der Waals surface area contributed by atoms with E-state index in [2.05, 4.69) is 20.0 Å². The molecule has 0 radical (unpaired) electrons. The number of aryl methyl sites for hydroxylation is 2. The lowest BCUT2D eigenvalue weighted by Crippen LogP contribution is -2.38. The molecule has 3 aromatic rings. The number of para-hydroxylation sites is 2. The van der Waals surface area contributed by atoms with Gasteiger partial charge in [0.05, 0.1) is 22.5 Å². The molecule has 1 aromatic heterocycles. The minimum atomic E-state index is -3.73. The number of hydrogen-bond acceptors (Lipinski definition) is 4. The first-order chi connectivity index (χ1) is 12.8. The zero-order valence-electron chi connectivity index (χ0n) is 15.2. The highest BCUT2D eigenvalue weighted by Gasteiger charge is 2.18. The van der Waals surface area contributed by atoms with Gasteiger partial charge in [-0.2, -0.15) is 0 Å². The summed E-state index contributed by atoms with van der Waals surface area (Å²) in [4.78, 5) is 19.8. The van der Waals surface area contributed by atoms with E-state index in [1.165, 1.54) is 0 Å². The molecule has 0 saturated heterocycles. The third-order valence-electron chi connectivity index (χ3n) is 4.18. The molecular weight excluding hydrogens is 364 g/mol. The van der Waals surface area contributed by atoms with Gasteiger partial charge in [-0.15, -0.1) is 0 Å². The van der Waals surface area contributed by atoms with Crippen molar-refractivity contribution < 1.29 is 13.2 Å². The van der Waals surface area contributed by atoms with Crippen molar-refractivity contribution in [3.8, 4) is 0 Å². The van der Waals surface area contributed by atoms with E-state index in [4.69, 9.17) is 0 Å². The van der Waals surface area contributed by atoms with Gasteiger partial charge in [-0.1, -0.05) is 24.3 Å². The fourth-order valence-corrected chi connectivity index (χ4v) is 4.05. The van der Waals surface area contributed by atoms with E-state index >= 15 is 0 Å². The molecule has 0 fully saturated rings. The molecule has 1 heterocycles. The van der Waals surface area contributed by atoms with Crippen LogP contribution in [0, 0.1) is 13.8 Å². The Morgan fingerprint density at radius 3 is 2.70 bits per heavy atom. The molecular formula is C19H22N4O3S. The molecule has 0 saturated carbocycles. The van der Waals surface area contributed by atoms with Gasteiger partial charge >= 0.3 is 0 Å². The Hall–Kier alpha value is -2.71. The summed E-state index contributed by atoms with van der Waals surface area (Å²) in [7, 11) is -3.73. The molecule has 1 amide bonds. The third kappa shape index (κ3) is 4.72. The first kappa shape index (κ1) is 19.1. The topological polar surface area (TPSA) is 104 Å². The molecule has 27 heavy (non-hydrogen) atoms. The maximum Gasteiger partial charge on any atom is 0.241 e. The van der Waals surface area contributed by atoms with Crippen LogP contribution in [0.25, 0.3) is 11.0 Å². The number of imidazole rings is 1. The van der Waals surface area contributed by atoms with Gasteiger partial charge in [-0.3, -0.25) is 4.79 Å². The quantitative estimate of drug-likeness (QED) is 0.576. The summed E-state index contributed by atoms with van der Waals surface area (Å²) in [6, 6.07) is 12.9. The number of benzene rings is 2. The van der Waals surface area contributed by atoms with Crippen molar-refractivity contribution in [3.63, 3.8) is 0 Å². The van der Waals surface area contributed by atoms with Crippen LogP contribution in [0.4, 0.5) is 0 Å². The number of H-pyrrole nitrogens is 1. The standard InChI is InChI=1S/C19H22N4O3S/c1-13-7-8-14(2)17(11-13)27(25,26)21-12-19(24)20-10-9-18-22-15-5-3-4-6-16(15)23-18/h3-8,11,21H,9-10,12H2,1-2H3,(H,20,24)(H,22,23). The zero-order chi connectivity index (χ0) is 19.4. The summed E-state index contributed by atoms with van der Waals surface area (Å²) in [6.45, 7) is 3.60. The molecule has 7 nitrogen and oxygen atoms in total. The van der Waals surface area contributed by atoms with Crippen LogP contribution in [-0.2, 0) is 21.2 Å². The number of aromatic amines is 1. The SMILES string of the molecule is Cc1ccc(C)c(S(=O)(=O)NCC(=O)NCCc2nc3ccccc3[nH]2)c1. The maximum atomic E-state index is 12.4. The van der Waals surface area contributed by atoms with Crippen molar-refractivity contribution in [1.82, 2.24) is 20.0 Å². The van der Waals surface area contributed by atoms with Crippen LogP contribution in [0.3, 0.4) is 0 Å². The van der Waals surface area contributed by atoms with Gasteiger partial charge in [0, 0.05) is 13.0 Å². The van der Waals surface area contributed by atoms with Crippen LogP contribution in [0.2, 0.25) is 0 Å². The van der Waals surface area contributed by atoms with E-state index < -0.39 is 10.0 Å². The average Bonchev–Trinajstić information content (AvgIpc) is 3.05. The predicted octanol–water partition coefficient (Wildman–Crippen LogP) is 1.82. The number of nitrogens with one attached hydrogen (secondary N) is 3. The van der Waals surface area contributed by atoms with Gasteiger partial charge in [0.2, 0.25) is 15.9 Å². The van der Waals surface area contributed by atoms with Gasteiger partial charge < -0.3 is 10.3 Å². The Bertz CT molecular complexity index is 1040. The Morgan fingerprint density at radius 2 is 1.93 bits per heavy atom. The molecule has 142 valence electrons. The zero-order valence-corrected chi connectivity index (χ0v) is 16.1. The Balaban J connectivity index is 1.51. The fourth-order valence-electron chi connectivity index (χ4n) is 2.74. The fraction of sp³-hybridized carbons (Fsp3) is 0.263. The highest BCUT2D eigenvalue weighted by molar-refractivity contribution is 7.89. The van der Waals surface area contributed by atoms with Crippen LogP contribution >= 0.6 is 0 Å². The number of aromatic nitrogens is 2. The van der Waals surface area contributed by atoms with Crippen LogP contribution in [-0.4, -0.2) is 37.4 Å². The highest BCUT2D eigenvalue weighted by Crippen LogP contribution is 2.16. The van der Waals surface area contributed by atoms with E-state index in [1.54, 1.807) is 19.1 Å². The van der Waals surface area contributed by atoms with E-state index in [0.717, 1.165) is 22.4 Å². The number of sulfonamides is 1. The lowest BCUT2D eigenvalue weighted by atomic mass is 10.2. The minimum Gasteiger partial charge on any atom is -0.355 e. The van der Waals surface area contributed by atoms with E-state index in [9.17, 15) is 13.2 Å². The second kappa shape index (κ2) is 7.89. The predicted molar refractivity (Wildman–Crippen MR) is 104 cm³/mol. The van der Waals surface area contributed by atoms with Gasteiger partial charge in [0.25, 0.3) is 0 Å². The molecule has 0 unspecified atom stereocenters. The largest absolute Gasteiger partial charge is 0.355 e. The van der Waals surface area contributed by atoms with E-state index in [0.29, 0.717) is 18.5 Å². The van der Waals surface area contributed by atoms with Gasteiger partial charge in [0.15, 0.2) is 0 Å². The molecule has 0 spiro atoms. The summed E-state index contributed by atoms with van der Waals surface area (Å²) >= 11 is 0. The van der Waals surface area contributed by atoms with Crippen LogP contribution in [0.15, 0.2) is 47.4 Å². The number of carbonyl (C=O) groups is 1. The normalized spacial score (nSPS) is 11.6. The lowest BCUT2D eigenvalue weighted by molar-refractivity contribution is -0.119. The second-order valence-electron chi connectivity index (χ2n) is 6.39. The number of carbonyl (C=O) groups excluding carboxylic acids is 1. The van der Waals surface area contributed by atoms with Crippen molar-refractivity contribution in [1.29, 1.82) is 0 Å². The van der Waals surface area contributed by atoms with E-state index in [1.807, 2.05) is 37.3 Å². The van der Waals surface area contributed by atoms with Crippen molar-refractivity contribution in [2.75, 3.05) is 13.1 Å². The molecule has 0 aliphatic carbocycles. The molecule has 3 rings (SSSR count). The van der Waals surface area contributed by atoms with Gasteiger partial charge in [-0.05, 0) is 43.2 Å². The maximum absolute atomic E-state index is 12.4. The number of fused-ring (bicyclic) bond motifs is 1. The average molecular weight is 386 g/mol. The third-order valence-corrected chi connectivity index (χ3v) is 5.72. The summed E-state index contributed by atoms with van der Waals surface area (Å²) in [5.41, 5.74) is 3.30. The van der Waals surface area contributed by atoms with E-state index in [-0.39, 0.29) is 17.3 Å². The Morgan fingerprint density at radius 1 is 1.15 bits per heavy atom. The number of hydrogen-bond donors (Lipinski definition) is 3. The van der Waals surface area contributed by atoms with Crippen LogP contribution < -0.4 is 10.0 Å². The monoisotopic (exact) mass is 386 g/mol. The second-order valence-corrected chi connectivity index (χ2v) is 8.13. The molecule has 0 aliphatic heterocycles. The molecule has 2 aromatic carbocycles. The summed E-state index contributed by atoms with van der Waals surface area (Å²) < 4.78 is 27.1. The molecule has 0 atom stereocenters. The number of amides is 1. The Labute approximate surface area is 158 Å².